The molecule has 0 saturated carbocycles. The number of hydrogen-bond donors (Lipinski definition) is 1. The number of halogens is 1. The van der Waals surface area contributed by atoms with Gasteiger partial charge in [-0.1, -0.05) is 26.8 Å². The average molecular weight is 237 g/mol. The molecule has 1 saturated heterocycles. The van der Waals surface area contributed by atoms with Crippen molar-refractivity contribution >= 4 is 0 Å². The van der Waals surface area contributed by atoms with Crippen LogP contribution in [-0.4, -0.2) is 19.7 Å². The molecule has 1 aromatic rings. The molecule has 0 spiro atoms. The Hall–Kier alpha value is -1.09. The first-order valence-corrected chi connectivity index (χ1v) is 6.10. The minimum absolute atomic E-state index is 0.0177. The fraction of sp³-hybridized carbons (Fsp3) is 0.571. The molecule has 3 heteroatoms. The van der Waals surface area contributed by atoms with Gasteiger partial charge in [0.2, 0.25) is 0 Å². The van der Waals surface area contributed by atoms with Gasteiger partial charge in [-0.3, -0.25) is 0 Å². The van der Waals surface area contributed by atoms with Gasteiger partial charge in [0.05, 0.1) is 6.61 Å². The van der Waals surface area contributed by atoms with Crippen LogP contribution in [-0.2, 0) is 5.41 Å². The Morgan fingerprint density at radius 2 is 2.06 bits per heavy atom. The van der Waals surface area contributed by atoms with E-state index in [2.05, 4.69) is 26.1 Å². The molecule has 0 unspecified atom stereocenters. The van der Waals surface area contributed by atoms with Crippen molar-refractivity contribution in [2.45, 2.75) is 26.2 Å². The van der Waals surface area contributed by atoms with Crippen molar-refractivity contribution in [3.8, 4) is 5.75 Å². The minimum atomic E-state index is -0.273. The van der Waals surface area contributed by atoms with E-state index in [1.807, 2.05) is 12.1 Å². The van der Waals surface area contributed by atoms with Crippen molar-refractivity contribution in [2.24, 2.45) is 5.92 Å². The third-order valence-electron chi connectivity index (χ3n) is 3.14. The Labute approximate surface area is 102 Å². The molecule has 0 aromatic heterocycles. The van der Waals surface area contributed by atoms with Crippen LogP contribution in [0.15, 0.2) is 18.2 Å². The van der Waals surface area contributed by atoms with E-state index < -0.39 is 0 Å². The molecule has 17 heavy (non-hydrogen) atoms. The molecule has 2 nitrogen and oxygen atoms in total. The van der Waals surface area contributed by atoms with Crippen molar-refractivity contribution in [3.05, 3.63) is 29.6 Å². The lowest BCUT2D eigenvalue weighted by molar-refractivity contribution is 0.193. The van der Waals surface area contributed by atoms with Gasteiger partial charge in [-0.15, -0.1) is 0 Å². The smallest absolute Gasteiger partial charge is 0.165 e. The van der Waals surface area contributed by atoms with E-state index in [-0.39, 0.29) is 11.2 Å². The monoisotopic (exact) mass is 237 g/mol. The van der Waals surface area contributed by atoms with Crippen LogP contribution in [0.2, 0.25) is 0 Å². The van der Waals surface area contributed by atoms with Gasteiger partial charge in [0.15, 0.2) is 11.6 Å². The summed E-state index contributed by atoms with van der Waals surface area (Å²) in [6.07, 6.45) is 0. The third kappa shape index (κ3) is 2.97. The number of nitrogens with one attached hydrogen (secondary N) is 1. The summed E-state index contributed by atoms with van der Waals surface area (Å²) in [4.78, 5) is 0. The molecule has 94 valence electrons. The minimum Gasteiger partial charge on any atom is -0.490 e. The molecule has 1 aliphatic rings. The van der Waals surface area contributed by atoms with Gasteiger partial charge in [0, 0.05) is 19.0 Å². The Bertz CT molecular complexity index is 394. The highest BCUT2D eigenvalue weighted by Gasteiger charge is 2.19. The maximum atomic E-state index is 13.6. The highest BCUT2D eigenvalue weighted by Crippen LogP contribution is 2.28. The topological polar surface area (TPSA) is 21.3 Å². The van der Waals surface area contributed by atoms with Crippen LogP contribution in [0, 0.1) is 11.7 Å². The third-order valence-corrected chi connectivity index (χ3v) is 3.14. The van der Waals surface area contributed by atoms with Gasteiger partial charge < -0.3 is 10.1 Å². The van der Waals surface area contributed by atoms with Gasteiger partial charge >= 0.3 is 0 Å². The highest BCUT2D eigenvalue weighted by atomic mass is 19.1. The molecule has 1 aliphatic heterocycles. The molecule has 0 atom stereocenters. The van der Waals surface area contributed by atoms with Crippen LogP contribution >= 0.6 is 0 Å². The van der Waals surface area contributed by atoms with Crippen molar-refractivity contribution in [1.82, 2.24) is 5.32 Å². The molecule has 0 bridgehead atoms. The largest absolute Gasteiger partial charge is 0.490 e. The van der Waals surface area contributed by atoms with Crippen LogP contribution < -0.4 is 10.1 Å². The molecular formula is C14H20FNO. The molecule has 0 radical (unpaired) electrons. The molecule has 1 heterocycles. The quantitative estimate of drug-likeness (QED) is 0.872. The lowest BCUT2D eigenvalue weighted by atomic mass is 9.87. The maximum absolute atomic E-state index is 13.6. The summed E-state index contributed by atoms with van der Waals surface area (Å²) < 4.78 is 19.2. The summed E-state index contributed by atoms with van der Waals surface area (Å²) >= 11 is 0. The lowest BCUT2D eigenvalue weighted by Gasteiger charge is -2.27. The summed E-state index contributed by atoms with van der Waals surface area (Å²) in [6, 6.07) is 5.14. The summed E-state index contributed by atoms with van der Waals surface area (Å²) in [5.74, 6) is 0.627. The summed E-state index contributed by atoms with van der Waals surface area (Å²) in [5, 5.41) is 3.17. The van der Waals surface area contributed by atoms with E-state index in [1.165, 1.54) is 6.07 Å². The van der Waals surface area contributed by atoms with E-state index >= 15 is 0 Å². The Balaban J connectivity index is 2.08. The Kier molecular flexibility index (Phi) is 3.38. The molecular weight excluding hydrogens is 217 g/mol. The normalized spacial score (nSPS) is 16.7. The van der Waals surface area contributed by atoms with Crippen LogP contribution in [0.25, 0.3) is 0 Å². The first kappa shape index (κ1) is 12.4. The second-order valence-corrected chi connectivity index (χ2v) is 5.73. The van der Waals surface area contributed by atoms with E-state index in [1.54, 1.807) is 0 Å². The first-order valence-electron chi connectivity index (χ1n) is 6.10. The lowest BCUT2D eigenvalue weighted by Crippen LogP contribution is -2.45. The second kappa shape index (κ2) is 4.65. The zero-order chi connectivity index (χ0) is 12.5. The number of rotatable bonds is 3. The van der Waals surface area contributed by atoms with Gasteiger partial charge in [-0.2, -0.15) is 0 Å². The predicted octanol–water partition coefficient (Wildman–Crippen LogP) is 2.72. The molecule has 2 rings (SSSR count). The Morgan fingerprint density at radius 3 is 2.59 bits per heavy atom. The molecule has 1 fully saturated rings. The number of ether oxygens (including phenoxy) is 1. The van der Waals surface area contributed by atoms with Gasteiger partial charge in [-0.05, 0) is 23.1 Å². The van der Waals surface area contributed by atoms with Crippen LogP contribution in [0.5, 0.6) is 5.75 Å². The average Bonchev–Trinajstić information content (AvgIpc) is 2.16. The fourth-order valence-electron chi connectivity index (χ4n) is 1.75. The second-order valence-electron chi connectivity index (χ2n) is 5.73. The Morgan fingerprint density at radius 1 is 1.35 bits per heavy atom. The molecule has 0 aliphatic carbocycles. The number of benzene rings is 1. The molecule has 1 aromatic carbocycles. The summed E-state index contributed by atoms with van der Waals surface area (Å²) in [5.41, 5.74) is 1.12. The van der Waals surface area contributed by atoms with Crippen molar-refractivity contribution in [3.63, 3.8) is 0 Å². The van der Waals surface area contributed by atoms with Gasteiger partial charge in [0.1, 0.15) is 0 Å². The van der Waals surface area contributed by atoms with Crippen molar-refractivity contribution in [2.75, 3.05) is 19.7 Å². The zero-order valence-electron chi connectivity index (χ0n) is 10.7. The van der Waals surface area contributed by atoms with E-state index in [9.17, 15) is 4.39 Å². The van der Waals surface area contributed by atoms with E-state index in [0.29, 0.717) is 18.3 Å². The summed E-state index contributed by atoms with van der Waals surface area (Å²) in [7, 11) is 0. The standard InChI is InChI=1S/C14H20FNO/c1-14(2,3)11-4-5-12(15)13(6-11)17-9-10-7-16-8-10/h4-6,10,16H,7-9H2,1-3H3. The van der Waals surface area contributed by atoms with Crippen LogP contribution in [0.1, 0.15) is 26.3 Å². The highest BCUT2D eigenvalue weighted by molar-refractivity contribution is 5.34. The van der Waals surface area contributed by atoms with Crippen molar-refractivity contribution in [1.29, 1.82) is 0 Å². The fourth-order valence-corrected chi connectivity index (χ4v) is 1.75. The number of hydrogen-bond acceptors (Lipinski definition) is 2. The van der Waals surface area contributed by atoms with Crippen LogP contribution in [0.4, 0.5) is 4.39 Å². The summed E-state index contributed by atoms with van der Waals surface area (Å²) in [6.45, 7) is 8.87. The first-order chi connectivity index (χ1) is 7.97. The zero-order valence-corrected chi connectivity index (χ0v) is 10.7. The van der Waals surface area contributed by atoms with Crippen LogP contribution in [0.3, 0.4) is 0 Å². The van der Waals surface area contributed by atoms with Crippen molar-refractivity contribution < 1.29 is 9.13 Å². The van der Waals surface area contributed by atoms with E-state index in [4.69, 9.17) is 4.74 Å². The van der Waals surface area contributed by atoms with Gasteiger partial charge in [-0.25, -0.2) is 4.39 Å². The molecule has 0 amide bonds. The molecule has 1 N–H and O–H groups in total. The predicted molar refractivity (Wildman–Crippen MR) is 67.0 cm³/mol. The SMILES string of the molecule is CC(C)(C)c1ccc(F)c(OCC2CNC2)c1. The van der Waals surface area contributed by atoms with E-state index in [0.717, 1.165) is 18.7 Å². The van der Waals surface area contributed by atoms with Gasteiger partial charge in [0.25, 0.3) is 0 Å². The maximum Gasteiger partial charge on any atom is 0.165 e.